The first kappa shape index (κ1) is 38.7. The second kappa shape index (κ2) is 17.9. The lowest BCUT2D eigenvalue weighted by molar-refractivity contribution is 0.0599. The van der Waals surface area contributed by atoms with Crippen LogP contribution in [-0.2, 0) is 27.4 Å². The maximum Gasteiger partial charge on any atom is 0.410 e. The molecule has 294 valence electrons. The van der Waals surface area contributed by atoms with Gasteiger partial charge in [-0.2, -0.15) is 0 Å². The van der Waals surface area contributed by atoms with Gasteiger partial charge in [-0.25, -0.2) is 19.2 Å². The number of carboxylic acids is 1. The van der Waals surface area contributed by atoms with Gasteiger partial charge in [0.1, 0.15) is 13.2 Å². The van der Waals surface area contributed by atoms with Crippen LogP contribution >= 0.6 is 0 Å². The summed E-state index contributed by atoms with van der Waals surface area (Å²) in [6.45, 7) is 3.11. The number of carboxylic acid groups (broad SMARTS) is 1. The van der Waals surface area contributed by atoms with E-state index < -0.39 is 5.97 Å². The van der Waals surface area contributed by atoms with Crippen molar-refractivity contribution >= 4 is 45.9 Å². The predicted molar refractivity (Wildman–Crippen MR) is 215 cm³/mol. The van der Waals surface area contributed by atoms with Gasteiger partial charge >= 0.3 is 24.1 Å². The predicted octanol–water partition coefficient (Wildman–Crippen LogP) is 8.71. The Hall–Kier alpha value is -6.56. The van der Waals surface area contributed by atoms with Gasteiger partial charge in [0.15, 0.2) is 0 Å². The van der Waals surface area contributed by atoms with Crippen LogP contribution in [0.25, 0.3) is 21.8 Å². The molecule has 8 rings (SSSR count). The summed E-state index contributed by atoms with van der Waals surface area (Å²) in [5.41, 5.74) is 4.72. The number of fused-ring (bicyclic) bond motifs is 2. The summed E-state index contributed by atoms with van der Waals surface area (Å²) in [6.07, 6.45) is 6.80. The fourth-order valence-electron chi connectivity index (χ4n) is 7.59. The molecule has 12 heteroatoms. The van der Waals surface area contributed by atoms with Crippen LogP contribution in [-0.4, -0.2) is 81.5 Å². The zero-order chi connectivity index (χ0) is 39.7. The number of aromatic nitrogens is 2. The van der Waals surface area contributed by atoms with Crippen LogP contribution < -0.4 is 0 Å². The Bertz CT molecular complexity index is 2320. The van der Waals surface area contributed by atoms with E-state index in [1.807, 2.05) is 91.1 Å². The van der Waals surface area contributed by atoms with Gasteiger partial charge in [-0.05, 0) is 84.0 Å². The largest absolute Gasteiger partial charge is 0.478 e. The molecule has 4 aromatic carbocycles. The van der Waals surface area contributed by atoms with Gasteiger partial charge in [-0.3, -0.25) is 0 Å². The number of nitrogens with zero attached hydrogens (tertiary/aromatic N) is 4. The molecule has 57 heavy (non-hydrogen) atoms. The first-order chi connectivity index (χ1) is 27.8. The van der Waals surface area contributed by atoms with Gasteiger partial charge in [0.05, 0.1) is 18.2 Å². The lowest BCUT2D eigenvalue weighted by atomic mass is 10.0. The molecule has 12 nitrogen and oxygen atoms in total. The number of carbonyl (C=O) groups excluding carboxylic acids is 3. The molecule has 0 bridgehead atoms. The summed E-state index contributed by atoms with van der Waals surface area (Å²) in [4.78, 5) is 51.3. The Balaban J connectivity index is 0.000000174. The minimum Gasteiger partial charge on any atom is -0.478 e. The average molecular weight is 771 g/mol. The van der Waals surface area contributed by atoms with Crippen molar-refractivity contribution in [1.82, 2.24) is 18.9 Å². The molecule has 0 unspecified atom stereocenters. The first-order valence-electron chi connectivity index (χ1n) is 19.2. The summed E-state index contributed by atoms with van der Waals surface area (Å²) < 4.78 is 20.0. The maximum absolute atomic E-state index is 12.4. The number of hydrogen-bond acceptors (Lipinski definition) is 7. The van der Waals surface area contributed by atoms with Crippen molar-refractivity contribution in [3.05, 3.63) is 144 Å². The van der Waals surface area contributed by atoms with E-state index >= 15 is 0 Å². The van der Waals surface area contributed by atoms with Crippen molar-refractivity contribution in [3.8, 4) is 0 Å². The minimum atomic E-state index is -0.925. The maximum atomic E-state index is 12.4. The van der Waals surface area contributed by atoms with Crippen molar-refractivity contribution in [2.75, 3.05) is 33.3 Å². The van der Waals surface area contributed by atoms with Crippen LogP contribution in [0.3, 0.4) is 0 Å². The normalized spacial score (nSPS) is 14.8. The standard InChI is InChI=1S/C23H24N2O4.C22H22N2O4/c1-28-22(26)19-8-7-18-9-14-25(21(18)15-19)20-10-12-24(13-11-20)23(27)29-16-17-5-3-2-4-6-17;25-21(26)18-7-6-17-8-13-24(20(17)14-18)19-9-11-23(12-10-19)22(27)28-15-16-4-2-1-3-5-16/h2-9,14-15,20H,10-13,16H2,1H3;1-8,13-14,19H,9-12,15H2,(H,25,26). The molecular weight excluding hydrogens is 725 g/mol. The van der Waals surface area contributed by atoms with E-state index in [9.17, 15) is 24.3 Å². The van der Waals surface area contributed by atoms with Crippen molar-refractivity contribution in [2.24, 2.45) is 0 Å². The van der Waals surface area contributed by atoms with Crippen molar-refractivity contribution in [2.45, 2.75) is 51.0 Å². The molecule has 2 saturated heterocycles. The third-order valence-electron chi connectivity index (χ3n) is 10.8. The van der Waals surface area contributed by atoms with E-state index in [2.05, 4.69) is 21.4 Å². The number of methoxy groups -OCH3 is 1. The Labute approximate surface area is 330 Å². The van der Waals surface area contributed by atoms with Gasteiger partial charge in [0.2, 0.25) is 0 Å². The highest BCUT2D eigenvalue weighted by Gasteiger charge is 2.27. The fourth-order valence-corrected chi connectivity index (χ4v) is 7.59. The number of ether oxygens (including phenoxy) is 3. The monoisotopic (exact) mass is 770 g/mol. The number of hydrogen-bond donors (Lipinski definition) is 1. The number of likely N-dealkylation sites (tertiary alicyclic amines) is 2. The summed E-state index contributed by atoms with van der Waals surface area (Å²) >= 11 is 0. The van der Waals surface area contributed by atoms with Crippen LogP contribution in [0.2, 0.25) is 0 Å². The second-order valence-corrected chi connectivity index (χ2v) is 14.3. The topological polar surface area (TPSA) is 133 Å². The van der Waals surface area contributed by atoms with Crippen molar-refractivity contribution in [1.29, 1.82) is 0 Å². The SMILES string of the molecule is COC(=O)c1ccc2ccn(C3CCN(C(=O)OCc4ccccc4)CC3)c2c1.O=C(O)c1ccc2ccn(C3CCN(C(=O)OCc4ccccc4)CC3)c2c1. The molecule has 6 aromatic rings. The molecule has 0 spiro atoms. The third-order valence-corrected chi connectivity index (χ3v) is 10.8. The number of amides is 2. The highest BCUT2D eigenvalue weighted by Crippen LogP contribution is 2.30. The van der Waals surface area contributed by atoms with Gasteiger partial charge in [0.25, 0.3) is 0 Å². The highest BCUT2D eigenvalue weighted by atomic mass is 16.6. The number of esters is 1. The fraction of sp³-hybridized carbons (Fsp3) is 0.289. The van der Waals surface area contributed by atoms with Gasteiger partial charge in [-0.15, -0.1) is 0 Å². The van der Waals surface area contributed by atoms with Crippen LogP contribution in [0.5, 0.6) is 0 Å². The van der Waals surface area contributed by atoms with Gasteiger partial charge in [0, 0.05) is 61.7 Å². The average Bonchev–Trinajstić information content (AvgIpc) is 3.89. The van der Waals surface area contributed by atoms with E-state index in [0.717, 1.165) is 58.6 Å². The Morgan fingerprint density at radius 1 is 0.579 bits per heavy atom. The van der Waals surface area contributed by atoms with E-state index in [1.54, 1.807) is 28.0 Å². The van der Waals surface area contributed by atoms with E-state index in [0.29, 0.717) is 31.7 Å². The summed E-state index contributed by atoms with van der Waals surface area (Å²) in [7, 11) is 1.39. The smallest absolute Gasteiger partial charge is 0.410 e. The second-order valence-electron chi connectivity index (χ2n) is 14.3. The first-order valence-corrected chi connectivity index (χ1v) is 19.2. The molecule has 0 aliphatic carbocycles. The zero-order valence-corrected chi connectivity index (χ0v) is 31.9. The summed E-state index contributed by atoms with van der Waals surface area (Å²) in [5, 5.41) is 11.4. The Kier molecular flexibility index (Phi) is 12.2. The van der Waals surface area contributed by atoms with E-state index in [4.69, 9.17) is 14.2 Å². The molecule has 2 amide bonds. The quantitative estimate of drug-likeness (QED) is 0.120. The van der Waals surface area contributed by atoms with Crippen molar-refractivity contribution in [3.63, 3.8) is 0 Å². The molecule has 2 aliphatic rings. The summed E-state index contributed by atoms with van der Waals surface area (Å²) in [5.74, 6) is -1.26. The van der Waals surface area contributed by atoms with Gasteiger partial charge < -0.3 is 38.3 Å². The van der Waals surface area contributed by atoms with Gasteiger partial charge in [-0.1, -0.05) is 72.8 Å². The van der Waals surface area contributed by atoms with Crippen molar-refractivity contribution < 1.29 is 38.5 Å². The molecule has 4 heterocycles. The molecule has 1 N–H and O–H groups in total. The molecular formula is C45H46N4O8. The Morgan fingerprint density at radius 2 is 1.00 bits per heavy atom. The zero-order valence-electron chi connectivity index (χ0n) is 31.9. The van der Waals surface area contributed by atoms with E-state index in [1.165, 1.54) is 7.11 Å². The lowest BCUT2D eigenvalue weighted by Crippen LogP contribution is -2.39. The number of piperidine rings is 2. The van der Waals surface area contributed by atoms with Crippen LogP contribution in [0.15, 0.2) is 122 Å². The number of aromatic carboxylic acids is 1. The number of carbonyl (C=O) groups is 4. The third kappa shape index (κ3) is 9.29. The Morgan fingerprint density at radius 3 is 1.42 bits per heavy atom. The number of rotatable bonds is 8. The number of benzene rings is 4. The molecule has 0 atom stereocenters. The van der Waals surface area contributed by atoms with E-state index in [-0.39, 0.29) is 49.0 Å². The molecule has 0 radical (unpaired) electrons. The molecule has 2 aromatic heterocycles. The minimum absolute atomic E-state index is 0.236. The van der Waals surface area contributed by atoms with Crippen LogP contribution in [0.1, 0.15) is 69.6 Å². The summed E-state index contributed by atoms with van der Waals surface area (Å²) in [6, 6.07) is 34.7. The van der Waals surface area contributed by atoms with Crippen LogP contribution in [0.4, 0.5) is 9.59 Å². The highest BCUT2D eigenvalue weighted by molar-refractivity contribution is 5.95. The molecule has 0 saturated carbocycles. The van der Waals surface area contributed by atoms with Crippen LogP contribution in [0, 0.1) is 0 Å². The molecule has 2 fully saturated rings. The lowest BCUT2D eigenvalue weighted by Gasteiger charge is -2.32. The molecule has 2 aliphatic heterocycles.